The molecule has 0 radical (unpaired) electrons. The van der Waals surface area contributed by atoms with Gasteiger partial charge in [0.1, 0.15) is 6.10 Å². The van der Waals surface area contributed by atoms with Gasteiger partial charge in [0.15, 0.2) is 0 Å². The fraction of sp³-hybridized carbons (Fsp3) is 0.300. The molecule has 0 aliphatic heterocycles. The molecular weight excluding hydrogens is 245 g/mol. The Balaban J connectivity index is 2.56. The lowest BCUT2D eigenvalue weighted by molar-refractivity contribution is -0.387. The van der Waals surface area contributed by atoms with E-state index < -0.39 is 28.4 Å². The Morgan fingerprint density at radius 3 is 2.78 bits per heavy atom. The molecule has 1 aromatic carbocycles. The van der Waals surface area contributed by atoms with Crippen molar-refractivity contribution < 1.29 is 19.2 Å². The number of nitro benzene ring substituents is 1. The molecule has 0 saturated carbocycles. The summed E-state index contributed by atoms with van der Waals surface area (Å²) in [5, 5.41) is 22.1. The maximum atomic E-state index is 13.2. The maximum Gasteiger partial charge on any atom is 0.304 e. The molecule has 0 spiro atoms. The molecule has 4 N–H and O–H groups in total. The van der Waals surface area contributed by atoms with Crippen molar-refractivity contribution >= 4 is 11.6 Å². The van der Waals surface area contributed by atoms with Gasteiger partial charge in [0.25, 0.3) is 0 Å². The minimum Gasteiger partial charge on any atom is -0.382 e. The van der Waals surface area contributed by atoms with Crippen molar-refractivity contribution in [2.45, 2.75) is 12.6 Å². The summed E-state index contributed by atoms with van der Waals surface area (Å²) in [6.45, 7) is 0.0766. The van der Waals surface area contributed by atoms with Gasteiger partial charge in [-0.25, -0.2) is 0 Å². The van der Waals surface area contributed by atoms with Gasteiger partial charge < -0.3 is 16.2 Å². The van der Waals surface area contributed by atoms with Crippen molar-refractivity contribution in [3.8, 4) is 0 Å². The number of nitrogens with two attached hydrogens (primary N) is 1. The fourth-order valence-electron chi connectivity index (χ4n) is 1.26. The Kier molecular flexibility index (Phi) is 4.69. The molecule has 0 aliphatic rings. The molecule has 0 aliphatic carbocycles. The highest BCUT2D eigenvalue weighted by Gasteiger charge is 2.14. The minimum atomic E-state index is -1.33. The lowest BCUT2D eigenvalue weighted by atomic mass is 10.2. The minimum absolute atomic E-state index is 0.0755. The number of aliphatic hydroxyl groups is 1. The number of halogens is 1. The van der Waals surface area contributed by atoms with Crippen molar-refractivity contribution in [3.05, 3.63) is 39.7 Å². The van der Waals surface area contributed by atoms with E-state index in [1.807, 2.05) is 0 Å². The Hall–Kier alpha value is -2.06. The maximum absolute atomic E-state index is 13.2. The van der Waals surface area contributed by atoms with Gasteiger partial charge >= 0.3 is 5.69 Å². The monoisotopic (exact) mass is 257 g/mol. The van der Waals surface area contributed by atoms with E-state index in [2.05, 4.69) is 5.32 Å². The van der Waals surface area contributed by atoms with Gasteiger partial charge in [-0.1, -0.05) is 6.07 Å². The molecule has 0 aromatic heterocycles. The predicted octanol–water partition coefficient (Wildman–Crippen LogP) is -0.330. The second-order valence-corrected chi connectivity index (χ2v) is 3.59. The number of rotatable bonds is 6. The molecule has 0 bridgehead atoms. The number of nitrogens with zero attached hydrogens (tertiary/aromatic N) is 1. The quantitative estimate of drug-likeness (QED) is 0.476. The summed E-state index contributed by atoms with van der Waals surface area (Å²) in [5.74, 6) is -1.80. The number of hydrogen-bond donors (Lipinski definition) is 3. The Morgan fingerprint density at radius 1 is 1.61 bits per heavy atom. The van der Waals surface area contributed by atoms with E-state index in [1.165, 1.54) is 6.07 Å². The van der Waals surface area contributed by atoms with Crippen LogP contribution in [-0.4, -0.2) is 28.6 Å². The number of nitro groups is 1. The highest BCUT2D eigenvalue weighted by Crippen LogP contribution is 2.17. The van der Waals surface area contributed by atoms with E-state index in [1.54, 1.807) is 0 Å². The van der Waals surface area contributed by atoms with Crippen molar-refractivity contribution in [1.82, 2.24) is 5.32 Å². The van der Waals surface area contributed by atoms with Crippen LogP contribution < -0.4 is 11.1 Å². The van der Waals surface area contributed by atoms with E-state index in [9.17, 15) is 19.3 Å². The highest BCUT2D eigenvalue weighted by molar-refractivity contribution is 5.78. The number of amides is 1. The second kappa shape index (κ2) is 6.03. The lowest BCUT2D eigenvalue weighted by Crippen LogP contribution is -2.37. The summed E-state index contributed by atoms with van der Waals surface area (Å²) < 4.78 is 13.2. The van der Waals surface area contributed by atoms with Gasteiger partial charge in [-0.3, -0.25) is 14.9 Å². The second-order valence-electron chi connectivity index (χ2n) is 3.59. The number of nitrogens with one attached hydrogen (secondary N) is 1. The van der Waals surface area contributed by atoms with Crippen molar-refractivity contribution in [1.29, 1.82) is 0 Å². The third kappa shape index (κ3) is 3.75. The molecule has 0 heterocycles. The zero-order valence-electron chi connectivity index (χ0n) is 9.30. The number of benzene rings is 1. The Labute approximate surface area is 102 Å². The normalized spacial score (nSPS) is 12.1. The van der Waals surface area contributed by atoms with Crippen LogP contribution >= 0.6 is 0 Å². The summed E-state index contributed by atoms with van der Waals surface area (Å²) in [7, 11) is 0. The van der Waals surface area contributed by atoms with Crippen LogP contribution in [0.15, 0.2) is 18.2 Å². The first-order valence-electron chi connectivity index (χ1n) is 5.02. The zero-order chi connectivity index (χ0) is 13.7. The lowest BCUT2D eigenvalue weighted by Gasteiger charge is -2.08. The van der Waals surface area contributed by atoms with Crippen LogP contribution in [0.2, 0.25) is 0 Å². The predicted molar refractivity (Wildman–Crippen MR) is 60.0 cm³/mol. The fourth-order valence-corrected chi connectivity index (χ4v) is 1.26. The zero-order valence-corrected chi connectivity index (χ0v) is 9.30. The number of hydrogen-bond acceptors (Lipinski definition) is 5. The SMILES string of the molecule is NC(=O)C(O)CNCc1ccc([N+](=O)[O-])c(F)c1. The van der Waals surface area contributed by atoms with Crippen LogP contribution in [0.4, 0.5) is 10.1 Å². The van der Waals surface area contributed by atoms with Crippen LogP contribution in [0, 0.1) is 15.9 Å². The van der Waals surface area contributed by atoms with E-state index in [0.717, 1.165) is 12.1 Å². The van der Waals surface area contributed by atoms with Crippen LogP contribution in [0.1, 0.15) is 5.56 Å². The molecule has 7 nitrogen and oxygen atoms in total. The Morgan fingerprint density at radius 2 is 2.28 bits per heavy atom. The van der Waals surface area contributed by atoms with Gasteiger partial charge in [-0.15, -0.1) is 0 Å². The molecule has 0 fully saturated rings. The van der Waals surface area contributed by atoms with Gasteiger partial charge in [-0.2, -0.15) is 4.39 Å². The number of carbonyl (C=O) groups excluding carboxylic acids is 1. The molecule has 1 aromatic rings. The first kappa shape index (κ1) is 14.0. The molecule has 1 rings (SSSR count). The Bertz CT molecular complexity index is 466. The van der Waals surface area contributed by atoms with Crippen LogP contribution in [0.25, 0.3) is 0 Å². The summed E-state index contributed by atoms with van der Waals surface area (Å²) in [5.41, 5.74) is 4.68. The molecular formula is C10H12FN3O4. The number of aliphatic hydroxyl groups excluding tert-OH is 1. The molecule has 98 valence electrons. The van der Waals surface area contributed by atoms with Crippen LogP contribution in [0.5, 0.6) is 0 Å². The standard InChI is InChI=1S/C10H12FN3O4/c11-7-3-6(1-2-8(7)14(17)18)4-13-5-9(15)10(12)16/h1-3,9,13,15H,4-5H2,(H2,12,16). The van der Waals surface area contributed by atoms with Gasteiger partial charge in [-0.05, 0) is 11.6 Å². The number of primary amides is 1. The number of carbonyl (C=O) groups is 1. The summed E-state index contributed by atoms with van der Waals surface area (Å²) in [6.07, 6.45) is -1.33. The van der Waals surface area contributed by atoms with Crippen molar-refractivity contribution in [2.24, 2.45) is 5.73 Å². The van der Waals surface area contributed by atoms with E-state index in [-0.39, 0.29) is 13.1 Å². The third-order valence-electron chi connectivity index (χ3n) is 2.20. The van der Waals surface area contributed by atoms with E-state index in [0.29, 0.717) is 5.56 Å². The van der Waals surface area contributed by atoms with Gasteiger partial charge in [0, 0.05) is 19.2 Å². The summed E-state index contributed by atoms with van der Waals surface area (Å²) >= 11 is 0. The summed E-state index contributed by atoms with van der Waals surface area (Å²) in [4.78, 5) is 20.1. The average molecular weight is 257 g/mol. The van der Waals surface area contributed by atoms with Gasteiger partial charge in [0.05, 0.1) is 4.92 Å². The molecule has 0 saturated heterocycles. The van der Waals surface area contributed by atoms with Crippen LogP contribution in [0.3, 0.4) is 0 Å². The highest BCUT2D eigenvalue weighted by atomic mass is 19.1. The molecule has 1 amide bonds. The average Bonchev–Trinajstić information content (AvgIpc) is 2.28. The topological polar surface area (TPSA) is 118 Å². The summed E-state index contributed by atoms with van der Waals surface area (Å²) in [6, 6.07) is 3.45. The first-order chi connectivity index (χ1) is 8.41. The molecule has 1 atom stereocenters. The molecule has 8 heteroatoms. The smallest absolute Gasteiger partial charge is 0.304 e. The van der Waals surface area contributed by atoms with Gasteiger partial charge in [0.2, 0.25) is 11.7 Å². The largest absolute Gasteiger partial charge is 0.382 e. The van der Waals surface area contributed by atoms with Crippen LogP contribution in [-0.2, 0) is 11.3 Å². The molecule has 1 unspecified atom stereocenters. The third-order valence-corrected chi connectivity index (χ3v) is 2.20. The first-order valence-corrected chi connectivity index (χ1v) is 5.02. The van der Waals surface area contributed by atoms with Crippen molar-refractivity contribution in [2.75, 3.05) is 6.54 Å². The van der Waals surface area contributed by atoms with E-state index >= 15 is 0 Å². The van der Waals surface area contributed by atoms with Crippen molar-refractivity contribution in [3.63, 3.8) is 0 Å². The molecule has 18 heavy (non-hydrogen) atoms. The van der Waals surface area contributed by atoms with E-state index in [4.69, 9.17) is 10.8 Å².